The molecular weight excluding hydrogens is 310 g/mol. The Labute approximate surface area is 147 Å². The van der Waals surface area contributed by atoms with Crippen molar-refractivity contribution in [3.05, 3.63) is 58.8 Å². The van der Waals surface area contributed by atoms with Gasteiger partial charge < -0.3 is 15.2 Å². The number of fused-ring (bicyclic) bond motifs is 2. The van der Waals surface area contributed by atoms with Crippen LogP contribution in [0, 0.1) is 13.8 Å². The molecule has 0 saturated carbocycles. The van der Waals surface area contributed by atoms with Crippen LogP contribution >= 0.6 is 0 Å². The van der Waals surface area contributed by atoms with E-state index in [0.29, 0.717) is 5.56 Å². The molecule has 0 radical (unpaired) electrons. The Bertz CT molecular complexity index is 971. The molecule has 0 aliphatic carbocycles. The predicted molar refractivity (Wildman–Crippen MR) is 104 cm³/mol. The Morgan fingerprint density at radius 2 is 2.04 bits per heavy atom. The van der Waals surface area contributed by atoms with E-state index in [9.17, 15) is 4.79 Å². The first-order valence-electron chi connectivity index (χ1n) is 8.85. The van der Waals surface area contributed by atoms with Crippen molar-refractivity contribution in [2.45, 2.75) is 27.2 Å². The molecule has 2 heterocycles. The summed E-state index contributed by atoms with van der Waals surface area (Å²) in [6.45, 7) is 8.35. The highest BCUT2D eigenvalue weighted by Gasteiger charge is 2.18. The maximum absolute atomic E-state index is 12.7. The van der Waals surface area contributed by atoms with E-state index in [2.05, 4.69) is 48.1 Å². The van der Waals surface area contributed by atoms with Crippen LogP contribution in [0.3, 0.4) is 0 Å². The fourth-order valence-electron chi connectivity index (χ4n) is 3.66. The molecular formula is C21H23N3O. The molecule has 0 fully saturated rings. The van der Waals surface area contributed by atoms with Crippen molar-refractivity contribution < 1.29 is 4.79 Å². The molecule has 4 heteroatoms. The smallest absolute Gasteiger partial charge is 0.255 e. The fourth-order valence-corrected chi connectivity index (χ4v) is 3.66. The van der Waals surface area contributed by atoms with Crippen LogP contribution in [0.2, 0.25) is 0 Å². The third kappa shape index (κ3) is 2.68. The normalized spacial score (nSPS) is 13.3. The van der Waals surface area contributed by atoms with Gasteiger partial charge in [0.05, 0.1) is 0 Å². The van der Waals surface area contributed by atoms with E-state index in [1.807, 2.05) is 24.3 Å². The molecule has 0 atom stereocenters. The van der Waals surface area contributed by atoms with Crippen LogP contribution in [0.1, 0.15) is 34.1 Å². The summed E-state index contributed by atoms with van der Waals surface area (Å²) in [4.78, 5) is 18.4. The van der Waals surface area contributed by atoms with E-state index in [4.69, 9.17) is 0 Å². The van der Waals surface area contributed by atoms with Crippen LogP contribution < -0.4 is 10.2 Å². The number of anilines is 2. The maximum atomic E-state index is 12.7. The Balaban J connectivity index is 1.61. The number of hydrogen-bond donors (Lipinski definition) is 2. The summed E-state index contributed by atoms with van der Waals surface area (Å²) >= 11 is 0. The molecule has 0 bridgehead atoms. The van der Waals surface area contributed by atoms with Crippen LogP contribution in [-0.2, 0) is 6.42 Å². The molecule has 0 unspecified atom stereocenters. The number of carbonyl (C=O) groups excluding carboxylic acids is 1. The van der Waals surface area contributed by atoms with Crippen molar-refractivity contribution in [1.29, 1.82) is 0 Å². The predicted octanol–water partition coefficient (Wildman–Crippen LogP) is 4.42. The van der Waals surface area contributed by atoms with Crippen LogP contribution in [-0.4, -0.2) is 24.0 Å². The summed E-state index contributed by atoms with van der Waals surface area (Å²) in [5.74, 6) is -0.0684. The number of carbonyl (C=O) groups is 1. The Kier molecular flexibility index (Phi) is 3.75. The molecule has 0 saturated heterocycles. The first-order chi connectivity index (χ1) is 12.1. The largest absolute Gasteiger partial charge is 0.371 e. The van der Waals surface area contributed by atoms with Crippen molar-refractivity contribution in [3.8, 4) is 0 Å². The molecule has 128 valence electrons. The minimum atomic E-state index is -0.0684. The number of nitrogens with one attached hydrogen (secondary N) is 2. The molecule has 2 aromatic carbocycles. The van der Waals surface area contributed by atoms with Gasteiger partial charge >= 0.3 is 0 Å². The number of aromatic amines is 1. The van der Waals surface area contributed by atoms with Crippen molar-refractivity contribution >= 4 is 28.2 Å². The lowest BCUT2D eigenvalue weighted by molar-refractivity contribution is 0.102. The van der Waals surface area contributed by atoms with Crippen LogP contribution in [0.15, 0.2) is 36.4 Å². The van der Waals surface area contributed by atoms with Crippen molar-refractivity contribution in [3.63, 3.8) is 0 Å². The second kappa shape index (κ2) is 5.96. The summed E-state index contributed by atoms with van der Waals surface area (Å²) in [5, 5.41) is 4.16. The second-order valence-corrected chi connectivity index (χ2v) is 6.76. The molecule has 1 amide bonds. The van der Waals surface area contributed by atoms with Gasteiger partial charge in [-0.05, 0) is 68.7 Å². The van der Waals surface area contributed by atoms with Gasteiger partial charge in [0.1, 0.15) is 0 Å². The number of rotatable bonds is 3. The molecule has 1 aromatic heterocycles. The quantitative estimate of drug-likeness (QED) is 0.745. The van der Waals surface area contributed by atoms with E-state index < -0.39 is 0 Å². The molecule has 4 nitrogen and oxygen atoms in total. The standard InChI is InChI=1S/C21H23N3O/c1-4-24-10-9-15-5-7-17(12-20(15)24)23-21(25)16-6-8-19-18(11-16)13(2)14(3)22-19/h5-8,11-12,22H,4,9-10H2,1-3H3,(H,23,25). The molecule has 1 aliphatic rings. The molecule has 25 heavy (non-hydrogen) atoms. The van der Waals surface area contributed by atoms with Gasteiger partial charge in [-0.15, -0.1) is 0 Å². The van der Waals surface area contributed by atoms with Crippen molar-refractivity contribution in [2.75, 3.05) is 23.3 Å². The van der Waals surface area contributed by atoms with Crippen LogP contribution in [0.5, 0.6) is 0 Å². The van der Waals surface area contributed by atoms with Gasteiger partial charge in [0.15, 0.2) is 0 Å². The highest BCUT2D eigenvalue weighted by Crippen LogP contribution is 2.31. The number of amides is 1. The van der Waals surface area contributed by atoms with Gasteiger partial charge in [-0.2, -0.15) is 0 Å². The summed E-state index contributed by atoms with van der Waals surface area (Å²) in [7, 11) is 0. The first kappa shape index (κ1) is 15.8. The SMILES string of the molecule is CCN1CCc2ccc(NC(=O)c3ccc4[nH]c(C)c(C)c4c3)cc21. The van der Waals surface area contributed by atoms with Gasteiger partial charge in [-0.25, -0.2) is 0 Å². The summed E-state index contributed by atoms with van der Waals surface area (Å²) < 4.78 is 0. The lowest BCUT2D eigenvalue weighted by Crippen LogP contribution is -2.19. The lowest BCUT2D eigenvalue weighted by atomic mass is 10.1. The molecule has 4 rings (SSSR count). The number of aryl methyl sites for hydroxylation is 2. The van der Waals surface area contributed by atoms with Crippen LogP contribution in [0.4, 0.5) is 11.4 Å². The van der Waals surface area contributed by atoms with E-state index in [1.165, 1.54) is 16.8 Å². The Morgan fingerprint density at radius 3 is 2.84 bits per heavy atom. The minimum absolute atomic E-state index is 0.0684. The minimum Gasteiger partial charge on any atom is -0.371 e. The third-order valence-electron chi connectivity index (χ3n) is 5.29. The zero-order valence-corrected chi connectivity index (χ0v) is 14.9. The van der Waals surface area contributed by atoms with E-state index in [1.54, 1.807) is 0 Å². The maximum Gasteiger partial charge on any atom is 0.255 e. The average Bonchev–Trinajstić information content (AvgIpc) is 3.15. The van der Waals surface area contributed by atoms with E-state index in [0.717, 1.165) is 41.8 Å². The first-order valence-corrected chi connectivity index (χ1v) is 8.85. The second-order valence-electron chi connectivity index (χ2n) is 6.76. The topological polar surface area (TPSA) is 48.1 Å². The highest BCUT2D eigenvalue weighted by atomic mass is 16.1. The average molecular weight is 333 g/mol. The van der Waals surface area contributed by atoms with E-state index >= 15 is 0 Å². The van der Waals surface area contributed by atoms with Crippen molar-refractivity contribution in [1.82, 2.24) is 4.98 Å². The molecule has 0 spiro atoms. The van der Waals surface area contributed by atoms with Gasteiger partial charge in [0, 0.05) is 46.6 Å². The third-order valence-corrected chi connectivity index (χ3v) is 5.29. The van der Waals surface area contributed by atoms with Crippen molar-refractivity contribution in [2.24, 2.45) is 0 Å². The summed E-state index contributed by atoms with van der Waals surface area (Å²) in [5.41, 5.74) is 7.55. The monoisotopic (exact) mass is 333 g/mol. The zero-order chi connectivity index (χ0) is 17.6. The molecule has 3 aromatic rings. The summed E-state index contributed by atoms with van der Waals surface area (Å²) in [6.07, 6.45) is 1.08. The number of aromatic nitrogens is 1. The molecule has 2 N–H and O–H groups in total. The number of nitrogens with zero attached hydrogens (tertiary/aromatic N) is 1. The van der Waals surface area contributed by atoms with Gasteiger partial charge in [-0.3, -0.25) is 4.79 Å². The highest BCUT2D eigenvalue weighted by molar-refractivity contribution is 6.06. The Morgan fingerprint density at radius 1 is 1.20 bits per heavy atom. The van der Waals surface area contributed by atoms with Gasteiger partial charge in [0.2, 0.25) is 0 Å². The fraction of sp³-hybridized carbons (Fsp3) is 0.286. The van der Waals surface area contributed by atoms with Gasteiger partial charge in [-0.1, -0.05) is 6.07 Å². The number of H-pyrrole nitrogens is 1. The van der Waals surface area contributed by atoms with Crippen LogP contribution in [0.25, 0.3) is 10.9 Å². The zero-order valence-electron chi connectivity index (χ0n) is 14.9. The van der Waals surface area contributed by atoms with Gasteiger partial charge in [0.25, 0.3) is 5.91 Å². The number of likely N-dealkylation sites (N-methyl/N-ethyl adjacent to an activating group) is 1. The van der Waals surface area contributed by atoms with E-state index in [-0.39, 0.29) is 5.91 Å². The summed E-state index contributed by atoms with van der Waals surface area (Å²) in [6, 6.07) is 12.0. The lowest BCUT2D eigenvalue weighted by Gasteiger charge is -2.17. The Hall–Kier alpha value is -2.75. The number of benzene rings is 2. The molecule has 1 aliphatic heterocycles. The number of hydrogen-bond acceptors (Lipinski definition) is 2.